The fraction of sp³-hybridized carbons (Fsp3) is 0.957. The van der Waals surface area contributed by atoms with Crippen LogP contribution >= 0.6 is 0 Å². The van der Waals surface area contributed by atoms with Crippen molar-refractivity contribution in [3.63, 3.8) is 0 Å². The van der Waals surface area contributed by atoms with Crippen molar-refractivity contribution in [2.75, 3.05) is 19.8 Å². The Bertz CT molecular complexity index is 813. The second-order valence-electron chi connectivity index (χ2n) is 9.66. The first-order valence-corrected chi connectivity index (χ1v) is 12.8. The minimum atomic E-state index is -1.61. The molecule has 11 atom stereocenters. The number of carbonyl (C=O) groups is 1. The number of nitrogens with zero attached hydrogens (tertiary/aromatic N) is 3. The summed E-state index contributed by atoms with van der Waals surface area (Å²) >= 11 is 0. The van der Waals surface area contributed by atoms with E-state index in [1.165, 1.54) is 6.92 Å². The van der Waals surface area contributed by atoms with E-state index < -0.39 is 72.9 Å². The summed E-state index contributed by atoms with van der Waals surface area (Å²) in [4.78, 5) is 14.8. The number of hydrogen-bond acceptors (Lipinski definition) is 11. The van der Waals surface area contributed by atoms with Crippen LogP contribution in [0, 0.1) is 0 Å². The Morgan fingerprint density at radius 1 is 1.14 bits per heavy atom. The molecule has 2 N–H and O–H groups in total. The van der Waals surface area contributed by atoms with Gasteiger partial charge >= 0.3 is 5.97 Å². The van der Waals surface area contributed by atoms with Crippen molar-refractivity contribution in [1.82, 2.24) is 0 Å². The molecular formula is C23H37N3O10. The van der Waals surface area contributed by atoms with Gasteiger partial charge in [0.15, 0.2) is 18.2 Å². The third-order valence-corrected chi connectivity index (χ3v) is 7.09. The number of aliphatic hydroxyl groups excluding tert-OH is 1. The molecule has 0 spiro atoms. The number of ether oxygens (including phenoxy) is 7. The van der Waals surface area contributed by atoms with Gasteiger partial charge in [-0.2, -0.15) is 0 Å². The Morgan fingerprint density at radius 3 is 2.53 bits per heavy atom. The number of carbonyl (C=O) groups excluding carboxylic acids is 1. The normalized spacial score (nSPS) is 43.2. The number of aliphatic hydroxyl groups is 2. The van der Waals surface area contributed by atoms with Gasteiger partial charge in [-0.15, -0.1) is 0 Å². The maximum Gasteiger partial charge on any atom is 0.303 e. The van der Waals surface area contributed by atoms with Crippen LogP contribution in [-0.2, 0) is 38.0 Å². The van der Waals surface area contributed by atoms with E-state index in [1.54, 1.807) is 0 Å². The number of esters is 1. The summed E-state index contributed by atoms with van der Waals surface area (Å²) in [5.74, 6) is -0.584. The molecule has 4 rings (SSSR count). The van der Waals surface area contributed by atoms with Gasteiger partial charge in [-0.25, -0.2) is 0 Å². The molecule has 13 heteroatoms. The number of azide groups is 1. The predicted molar refractivity (Wildman–Crippen MR) is 122 cm³/mol. The Labute approximate surface area is 209 Å². The molecule has 11 unspecified atom stereocenters. The van der Waals surface area contributed by atoms with E-state index in [1.807, 2.05) is 13.8 Å². The summed E-state index contributed by atoms with van der Waals surface area (Å²) in [6.07, 6.45) is -4.49. The summed E-state index contributed by atoms with van der Waals surface area (Å²) in [6.45, 7) is 6.38. The molecular weight excluding hydrogens is 478 g/mol. The maximum atomic E-state index is 12.0. The van der Waals surface area contributed by atoms with Crippen molar-refractivity contribution in [1.29, 1.82) is 0 Å². The molecule has 4 fully saturated rings. The summed E-state index contributed by atoms with van der Waals surface area (Å²) in [5.41, 5.74) is 7.51. The van der Waals surface area contributed by atoms with Crippen LogP contribution in [0.4, 0.5) is 0 Å². The number of hydrogen-bond donors (Lipinski definition) is 2. The summed E-state index contributed by atoms with van der Waals surface area (Å²) < 4.78 is 41.6. The lowest BCUT2D eigenvalue weighted by Crippen LogP contribution is -2.65. The van der Waals surface area contributed by atoms with Crippen molar-refractivity contribution in [3.05, 3.63) is 10.4 Å². The Morgan fingerprint density at radius 2 is 1.86 bits per heavy atom. The van der Waals surface area contributed by atoms with Crippen LogP contribution in [0.25, 0.3) is 10.4 Å². The van der Waals surface area contributed by atoms with Crippen molar-refractivity contribution >= 4 is 5.97 Å². The predicted octanol–water partition coefficient (Wildman–Crippen LogP) is 1.33. The summed E-state index contributed by atoms with van der Waals surface area (Å²) in [5, 5.41) is 25.4. The van der Waals surface area contributed by atoms with Crippen molar-refractivity contribution in [2.24, 2.45) is 5.11 Å². The molecule has 3 aliphatic heterocycles. The molecule has 36 heavy (non-hydrogen) atoms. The van der Waals surface area contributed by atoms with Gasteiger partial charge in [0, 0.05) is 25.0 Å². The summed E-state index contributed by atoms with van der Waals surface area (Å²) in [6, 6.07) is -0.983. The quantitative estimate of drug-likeness (QED) is 0.127. The monoisotopic (exact) mass is 515 g/mol. The molecule has 1 aliphatic carbocycles. The molecule has 13 nitrogen and oxygen atoms in total. The highest BCUT2D eigenvalue weighted by atomic mass is 16.8. The fourth-order valence-electron chi connectivity index (χ4n) is 5.10. The van der Waals surface area contributed by atoms with Gasteiger partial charge < -0.3 is 43.4 Å². The lowest BCUT2D eigenvalue weighted by Gasteiger charge is -2.49. The zero-order chi connectivity index (χ0) is 25.9. The third kappa shape index (κ3) is 5.35. The van der Waals surface area contributed by atoms with E-state index >= 15 is 0 Å². The van der Waals surface area contributed by atoms with Crippen molar-refractivity contribution in [3.8, 4) is 0 Å². The first-order valence-electron chi connectivity index (χ1n) is 12.8. The first-order chi connectivity index (χ1) is 17.4. The molecule has 0 aromatic rings. The van der Waals surface area contributed by atoms with Crippen LogP contribution in [0.2, 0.25) is 0 Å². The Balaban J connectivity index is 1.61. The van der Waals surface area contributed by atoms with Crippen molar-refractivity contribution in [2.45, 2.75) is 120 Å². The molecule has 3 heterocycles. The van der Waals surface area contributed by atoms with Crippen LogP contribution in [0.3, 0.4) is 0 Å². The van der Waals surface area contributed by atoms with Crippen LogP contribution in [0.1, 0.15) is 52.9 Å². The fourth-order valence-corrected chi connectivity index (χ4v) is 5.10. The van der Waals surface area contributed by atoms with Gasteiger partial charge in [-0.3, -0.25) is 4.79 Å². The van der Waals surface area contributed by atoms with Gasteiger partial charge in [0.2, 0.25) is 0 Å². The zero-order valence-electron chi connectivity index (χ0n) is 20.9. The van der Waals surface area contributed by atoms with Crippen LogP contribution in [0.15, 0.2) is 5.11 Å². The number of unbranched alkanes of at least 4 members (excludes halogenated alkanes) is 2. The van der Waals surface area contributed by atoms with Gasteiger partial charge in [0.1, 0.15) is 42.7 Å². The second-order valence-corrected chi connectivity index (χ2v) is 9.66. The highest BCUT2D eigenvalue weighted by Crippen LogP contribution is 2.51. The van der Waals surface area contributed by atoms with Crippen LogP contribution in [0.5, 0.6) is 0 Å². The van der Waals surface area contributed by atoms with Crippen molar-refractivity contribution < 1.29 is 48.2 Å². The number of fused-ring (bicyclic) bond motifs is 3. The molecule has 0 radical (unpaired) electrons. The maximum absolute atomic E-state index is 12.0. The Hall–Kier alpha value is -1.54. The average molecular weight is 516 g/mol. The molecule has 2 bridgehead atoms. The molecule has 1 saturated carbocycles. The van der Waals surface area contributed by atoms with Gasteiger partial charge in [-0.05, 0) is 24.8 Å². The van der Waals surface area contributed by atoms with E-state index in [0.29, 0.717) is 26.2 Å². The molecule has 4 aliphatic rings. The van der Waals surface area contributed by atoms with E-state index in [2.05, 4.69) is 10.0 Å². The SMILES string of the molecule is CCCCOC1C(OC2C3CCOC(O3)C(N=[N+]=[N-])C2OC(C)=O)OC2C(O)C2(O)C1OCCCC. The molecule has 3 saturated heterocycles. The minimum Gasteiger partial charge on any atom is -0.459 e. The lowest BCUT2D eigenvalue weighted by molar-refractivity contribution is -0.350. The first kappa shape index (κ1) is 27.5. The van der Waals surface area contributed by atoms with E-state index in [0.717, 1.165) is 25.7 Å². The minimum absolute atomic E-state index is 0.339. The third-order valence-electron chi connectivity index (χ3n) is 7.09. The van der Waals surface area contributed by atoms with Crippen LogP contribution in [-0.4, -0.2) is 103 Å². The standard InChI is InChI=1S/C23H37N3O10/c1-4-6-9-30-17-19(31-10-7-5-2)23(29)18(28)20(23)36-22(17)35-15-13-8-11-32-21(34-13)14(25-26-24)16(15)33-12(3)27/h13-22,28-29H,4-11H2,1-3H3. The zero-order valence-corrected chi connectivity index (χ0v) is 20.9. The van der Waals surface area contributed by atoms with E-state index in [9.17, 15) is 15.0 Å². The molecule has 0 amide bonds. The average Bonchev–Trinajstić information content (AvgIpc) is 3.39. The van der Waals surface area contributed by atoms with Gasteiger partial charge in [-0.1, -0.05) is 31.8 Å². The number of rotatable bonds is 12. The molecule has 204 valence electrons. The lowest BCUT2D eigenvalue weighted by atomic mass is 9.93. The topological polar surface area (TPSA) is 171 Å². The molecule has 0 aromatic carbocycles. The highest BCUT2D eigenvalue weighted by molar-refractivity contribution is 5.66. The largest absolute Gasteiger partial charge is 0.459 e. The van der Waals surface area contributed by atoms with E-state index in [4.69, 9.17) is 38.7 Å². The Kier molecular flexibility index (Phi) is 9.08. The van der Waals surface area contributed by atoms with Crippen LogP contribution < -0.4 is 0 Å². The summed E-state index contributed by atoms with van der Waals surface area (Å²) in [7, 11) is 0. The second kappa shape index (κ2) is 11.9. The highest BCUT2D eigenvalue weighted by Gasteiger charge is 2.76. The van der Waals surface area contributed by atoms with Gasteiger partial charge in [0.05, 0.1) is 12.7 Å². The van der Waals surface area contributed by atoms with E-state index in [-0.39, 0.29) is 0 Å². The molecule has 0 aromatic heterocycles. The van der Waals surface area contributed by atoms with Gasteiger partial charge in [0.25, 0.3) is 0 Å². The smallest absolute Gasteiger partial charge is 0.303 e.